The summed E-state index contributed by atoms with van der Waals surface area (Å²) in [5.41, 5.74) is 2.83. The Hall–Kier alpha value is -3.62. The standard InChI is InChI=1S/C30H27NO6S/c1-16-13-23(33)27-22(28(16)34)14-21-18(25(27)19-6-2-3-7-24(19)37-11-10-32)8-9-20-26(21)30(36)31(29(20)35)15-17-5-4-12-38-17/h2-8,12-13,20-21,25-26,32H,9-11,14-15H2,1H3/t20-,21+,25+,26-/m0/s1. The number of hydrogen-bond donors (Lipinski definition) is 1. The average Bonchev–Trinajstić information content (AvgIpc) is 3.52. The zero-order valence-electron chi connectivity index (χ0n) is 20.9. The Bertz CT molecular complexity index is 1450. The first kappa shape index (κ1) is 24.7. The molecule has 1 saturated heterocycles. The van der Waals surface area contributed by atoms with Crippen molar-refractivity contribution in [1.82, 2.24) is 4.90 Å². The summed E-state index contributed by atoms with van der Waals surface area (Å²) in [5.74, 6) is -2.29. The molecule has 0 saturated carbocycles. The second-order valence-corrected chi connectivity index (χ2v) is 11.2. The monoisotopic (exact) mass is 529 g/mol. The number of likely N-dealkylation sites (tertiary alicyclic amines) is 1. The van der Waals surface area contributed by atoms with Crippen LogP contribution in [0.25, 0.3) is 0 Å². The van der Waals surface area contributed by atoms with E-state index >= 15 is 0 Å². The van der Waals surface area contributed by atoms with Crippen LogP contribution in [0, 0.1) is 17.8 Å². The molecule has 0 radical (unpaired) electrons. The Labute approximate surface area is 224 Å². The van der Waals surface area contributed by atoms with Crippen molar-refractivity contribution in [3.8, 4) is 5.75 Å². The predicted molar refractivity (Wildman–Crippen MR) is 140 cm³/mol. The van der Waals surface area contributed by atoms with Gasteiger partial charge in [0.15, 0.2) is 11.6 Å². The third-order valence-electron chi connectivity index (χ3n) is 8.13. The number of thiophene rings is 1. The maximum Gasteiger partial charge on any atom is 0.234 e. The number of ether oxygens (including phenoxy) is 1. The number of Topliss-reactive ketones (excluding diaryl/α,β-unsaturated/α-hetero) is 1. The highest BCUT2D eigenvalue weighted by Gasteiger charge is 2.56. The Morgan fingerprint density at radius 3 is 2.63 bits per heavy atom. The molecule has 0 unspecified atom stereocenters. The summed E-state index contributed by atoms with van der Waals surface area (Å²) in [7, 11) is 0. The Kier molecular flexibility index (Phi) is 6.24. The van der Waals surface area contributed by atoms with Crippen molar-refractivity contribution in [2.24, 2.45) is 17.8 Å². The summed E-state index contributed by atoms with van der Waals surface area (Å²) >= 11 is 1.50. The van der Waals surface area contributed by atoms with E-state index in [0.717, 1.165) is 10.5 Å². The van der Waals surface area contributed by atoms with Gasteiger partial charge in [0, 0.05) is 33.1 Å². The van der Waals surface area contributed by atoms with Crippen LogP contribution in [0.15, 0.2) is 76.2 Å². The number of benzene rings is 1. The lowest BCUT2D eigenvalue weighted by Gasteiger charge is -2.42. The van der Waals surface area contributed by atoms with Gasteiger partial charge in [-0.1, -0.05) is 35.9 Å². The molecular weight excluding hydrogens is 502 g/mol. The van der Waals surface area contributed by atoms with Crippen molar-refractivity contribution in [3.63, 3.8) is 0 Å². The molecule has 0 spiro atoms. The van der Waals surface area contributed by atoms with Gasteiger partial charge in [-0.3, -0.25) is 24.1 Å². The highest BCUT2D eigenvalue weighted by Crippen LogP contribution is 2.56. The number of aliphatic hydroxyl groups excluding tert-OH is 1. The summed E-state index contributed by atoms with van der Waals surface area (Å²) < 4.78 is 5.84. The molecule has 2 heterocycles. The Morgan fingerprint density at radius 2 is 1.87 bits per heavy atom. The first-order valence-corrected chi connectivity index (χ1v) is 13.7. The van der Waals surface area contributed by atoms with E-state index in [1.165, 1.54) is 22.3 Å². The molecule has 4 aliphatic rings. The lowest BCUT2D eigenvalue weighted by Crippen LogP contribution is -2.39. The lowest BCUT2D eigenvalue weighted by molar-refractivity contribution is -0.140. The molecule has 1 aromatic carbocycles. The van der Waals surface area contributed by atoms with Crippen molar-refractivity contribution in [1.29, 1.82) is 0 Å². The number of aliphatic hydroxyl groups is 1. The highest BCUT2D eigenvalue weighted by atomic mass is 32.1. The molecule has 1 fully saturated rings. The number of rotatable bonds is 6. The lowest BCUT2D eigenvalue weighted by atomic mass is 9.59. The van der Waals surface area contributed by atoms with Crippen LogP contribution in [0.3, 0.4) is 0 Å². The predicted octanol–water partition coefficient (Wildman–Crippen LogP) is 3.75. The largest absolute Gasteiger partial charge is 0.491 e. The molecule has 2 amide bonds. The van der Waals surface area contributed by atoms with E-state index in [9.17, 15) is 24.3 Å². The minimum Gasteiger partial charge on any atom is -0.491 e. The van der Waals surface area contributed by atoms with Crippen molar-refractivity contribution in [3.05, 3.63) is 86.7 Å². The summed E-state index contributed by atoms with van der Waals surface area (Å²) in [4.78, 5) is 56.4. The third-order valence-corrected chi connectivity index (χ3v) is 8.99. The number of amides is 2. The van der Waals surface area contributed by atoms with Gasteiger partial charge < -0.3 is 9.84 Å². The van der Waals surface area contributed by atoms with Crippen LogP contribution in [-0.4, -0.2) is 46.6 Å². The van der Waals surface area contributed by atoms with E-state index in [0.29, 0.717) is 34.5 Å². The molecule has 6 rings (SSSR count). The molecular formula is C30H27NO6S. The molecule has 1 aliphatic heterocycles. The number of ketones is 2. The quantitative estimate of drug-likeness (QED) is 0.348. The molecule has 1 N–H and O–H groups in total. The smallest absolute Gasteiger partial charge is 0.234 e. The van der Waals surface area contributed by atoms with Gasteiger partial charge in [-0.2, -0.15) is 0 Å². The number of allylic oxidation sites excluding steroid dienone is 6. The van der Waals surface area contributed by atoms with Crippen LogP contribution in [0.5, 0.6) is 5.75 Å². The molecule has 3 aliphatic carbocycles. The minimum absolute atomic E-state index is 0.0827. The summed E-state index contributed by atoms with van der Waals surface area (Å²) in [6.45, 7) is 1.80. The highest BCUT2D eigenvalue weighted by molar-refractivity contribution is 7.09. The number of nitrogens with zero attached hydrogens (tertiary/aromatic N) is 1. The van der Waals surface area contributed by atoms with Gasteiger partial charge in [-0.15, -0.1) is 11.3 Å². The van der Waals surface area contributed by atoms with E-state index in [-0.39, 0.29) is 55.5 Å². The fourth-order valence-electron chi connectivity index (χ4n) is 6.52. The van der Waals surface area contributed by atoms with Gasteiger partial charge in [0.1, 0.15) is 12.4 Å². The summed E-state index contributed by atoms with van der Waals surface area (Å²) in [6.07, 6.45) is 4.05. The van der Waals surface area contributed by atoms with E-state index in [1.807, 2.05) is 41.8 Å². The normalized spacial score (nSPS) is 26.6. The van der Waals surface area contributed by atoms with Gasteiger partial charge in [0.05, 0.1) is 25.0 Å². The van der Waals surface area contributed by atoms with Crippen molar-refractivity contribution < 1.29 is 29.0 Å². The molecule has 7 nitrogen and oxygen atoms in total. The number of para-hydroxylation sites is 1. The van der Waals surface area contributed by atoms with Gasteiger partial charge in [0.2, 0.25) is 11.8 Å². The van der Waals surface area contributed by atoms with Crippen LogP contribution in [0.2, 0.25) is 0 Å². The zero-order chi connectivity index (χ0) is 26.6. The van der Waals surface area contributed by atoms with Crippen LogP contribution in [0.4, 0.5) is 0 Å². The fourth-order valence-corrected chi connectivity index (χ4v) is 7.22. The van der Waals surface area contributed by atoms with Gasteiger partial charge in [-0.25, -0.2) is 0 Å². The number of hydrogen-bond acceptors (Lipinski definition) is 7. The van der Waals surface area contributed by atoms with Crippen molar-refractivity contribution in [2.75, 3.05) is 13.2 Å². The van der Waals surface area contributed by atoms with Gasteiger partial charge >= 0.3 is 0 Å². The number of carbonyl (C=O) groups excluding carboxylic acids is 4. The first-order valence-electron chi connectivity index (χ1n) is 12.8. The van der Waals surface area contributed by atoms with Crippen LogP contribution >= 0.6 is 11.3 Å². The minimum atomic E-state index is -0.585. The molecule has 0 bridgehead atoms. The molecule has 1 aromatic heterocycles. The average molecular weight is 530 g/mol. The second-order valence-electron chi connectivity index (χ2n) is 10.2. The van der Waals surface area contributed by atoms with Gasteiger partial charge in [0.25, 0.3) is 0 Å². The molecule has 194 valence electrons. The SMILES string of the molecule is CC1=CC(=O)C2=C(C[C@@H]3C(=CC[C@@H]4C(=O)N(Cc5cccs5)C(=O)[C@@H]43)[C@@H]2c2ccccc2OCCO)C1=O. The maximum atomic E-state index is 13.8. The van der Waals surface area contributed by atoms with Gasteiger partial charge in [-0.05, 0) is 49.3 Å². The summed E-state index contributed by atoms with van der Waals surface area (Å²) in [5, 5.41) is 11.3. The first-order chi connectivity index (χ1) is 18.4. The maximum absolute atomic E-state index is 13.8. The third kappa shape index (κ3) is 3.82. The van der Waals surface area contributed by atoms with E-state index < -0.39 is 17.8 Å². The van der Waals surface area contributed by atoms with Crippen molar-refractivity contribution in [2.45, 2.75) is 32.2 Å². The fraction of sp³-hybridized carbons (Fsp3) is 0.333. The number of imide groups is 1. The van der Waals surface area contributed by atoms with Crippen molar-refractivity contribution >= 4 is 34.7 Å². The Balaban J connectivity index is 1.46. The van der Waals surface area contributed by atoms with E-state index in [2.05, 4.69) is 0 Å². The summed E-state index contributed by atoms with van der Waals surface area (Å²) in [6, 6.07) is 11.1. The molecule has 2 aromatic rings. The van der Waals surface area contributed by atoms with Crippen LogP contribution in [0.1, 0.15) is 36.1 Å². The zero-order valence-corrected chi connectivity index (χ0v) is 21.7. The Morgan fingerprint density at radius 1 is 1.05 bits per heavy atom. The van der Waals surface area contributed by atoms with Crippen LogP contribution in [-0.2, 0) is 25.7 Å². The number of fused-ring (bicyclic) bond motifs is 3. The van der Waals surface area contributed by atoms with E-state index in [1.54, 1.807) is 13.0 Å². The topological polar surface area (TPSA) is 101 Å². The molecule has 8 heteroatoms. The van der Waals surface area contributed by atoms with E-state index in [4.69, 9.17) is 4.74 Å². The molecule has 38 heavy (non-hydrogen) atoms. The van der Waals surface area contributed by atoms with Crippen LogP contribution < -0.4 is 4.74 Å². The molecule has 4 atom stereocenters. The second kappa shape index (κ2) is 9.60. The number of carbonyl (C=O) groups is 4.